The average molecular weight is 337 g/mol. The number of carbonyl (C=O) groups excluding carboxylic acids is 1. The maximum atomic E-state index is 10.9. The van der Waals surface area contributed by atoms with Crippen molar-refractivity contribution in [1.82, 2.24) is 0 Å². The molecule has 0 amide bonds. The number of ether oxygens (including phenoxy) is 2. The van der Waals surface area contributed by atoms with Gasteiger partial charge < -0.3 is 9.47 Å². The monoisotopic (exact) mass is 337 g/mol. The second-order valence-corrected chi connectivity index (χ2v) is 5.59. The lowest BCUT2D eigenvalue weighted by Gasteiger charge is -2.06. The summed E-state index contributed by atoms with van der Waals surface area (Å²) >= 11 is 0. The van der Waals surface area contributed by atoms with Crippen molar-refractivity contribution < 1.29 is 14.3 Å². The summed E-state index contributed by atoms with van der Waals surface area (Å²) in [5.74, 6) is 0.417. The summed E-state index contributed by atoms with van der Waals surface area (Å²) in [4.78, 5) is 15.3. The van der Waals surface area contributed by atoms with Crippen LogP contribution in [0.15, 0.2) is 66.2 Å². The van der Waals surface area contributed by atoms with Crippen LogP contribution >= 0.6 is 0 Å². The average Bonchev–Trinajstić information content (AvgIpc) is 2.64. The summed E-state index contributed by atoms with van der Waals surface area (Å²) in [6, 6.07) is 15.9. The molecule has 2 aromatic carbocycles. The highest BCUT2D eigenvalue weighted by atomic mass is 16.5. The van der Waals surface area contributed by atoms with Gasteiger partial charge >= 0.3 is 5.97 Å². The van der Waals surface area contributed by atoms with Crippen molar-refractivity contribution in [2.24, 2.45) is 4.99 Å². The second-order valence-electron chi connectivity index (χ2n) is 5.59. The van der Waals surface area contributed by atoms with Crippen LogP contribution in [-0.4, -0.2) is 25.4 Å². The van der Waals surface area contributed by atoms with Gasteiger partial charge in [-0.15, -0.1) is 0 Å². The van der Waals surface area contributed by atoms with Gasteiger partial charge in [0.1, 0.15) is 5.75 Å². The van der Waals surface area contributed by atoms with Gasteiger partial charge in [-0.1, -0.05) is 36.4 Å². The van der Waals surface area contributed by atoms with Crippen molar-refractivity contribution >= 4 is 17.9 Å². The van der Waals surface area contributed by atoms with Crippen molar-refractivity contribution in [3.05, 3.63) is 72.3 Å². The number of unbranched alkanes of at least 4 members (excludes halogenated alkanes) is 1. The van der Waals surface area contributed by atoms with E-state index in [0.29, 0.717) is 13.2 Å². The minimum absolute atomic E-state index is 0.386. The van der Waals surface area contributed by atoms with E-state index in [1.54, 1.807) is 0 Å². The predicted octanol–water partition coefficient (Wildman–Crippen LogP) is 4.63. The third kappa shape index (κ3) is 7.04. The van der Waals surface area contributed by atoms with E-state index in [2.05, 4.69) is 30.6 Å². The number of aliphatic imine (C=N–C) groups is 1. The van der Waals surface area contributed by atoms with Gasteiger partial charge in [0, 0.05) is 12.3 Å². The van der Waals surface area contributed by atoms with Gasteiger partial charge in [0.15, 0.2) is 0 Å². The molecule has 0 heterocycles. The molecule has 0 aliphatic heterocycles. The Morgan fingerprint density at radius 1 is 1.04 bits per heavy atom. The molecule has 0 N–H and O–H groups in total. The SMILES string of the molecule is C=CC(=O)OCCCCOc1ccc(N=Cc2ccc(C)cc2)cc1. The van der Waals surface area contributed by atoms with Crippen LogP contribution in [0, 0.1) is 6.92 Å². The van der Waals surface area contributed by atoms with Gasteiger partial charge in [0.25, 0.3) is 0 Å². The molecule has 0 aliphatic rings. The number of benzene rings is 2. The van der Waals surface area contributed by atoms with Crippen LogP contribution in [0.1, 0.15) is 24.0 Å². The molecule has 0 aromatic heterocycles. The van der Waals surface area contributed by atoms with E-state index in [9.17, 15) is 4.79 Å². The van der Waals surface area contributed by atoms with Gasteiger partial charge in [0.05, 0.1) is 18.9 Å². The molecule has 0 radical (unpaired) electrons. The highest BCUT2D eigenvalue weighted by molar-refractivity contribution is 5.82. The lowest BCUT2D eigenvalue weighted by atomic mass is 10.2. The molecule has 4 heteroatoms. The number of nitrogens with zero attached hydrogens (tertiary/aromatic N) is 1. The summed E-state index contributed by atoms with van der Waals surface area (Å²) in [6.45, 7) is 6.38. The molecule has 0 saturated heterocycles. The summed E-state index contributed by atoms with van der Waals surface area (Å²) < 4.78 is 10.6. The first-order valence-corrected chi connectivity index (χ1v) is 8.30. The van der Waals surface area contributed by atoms with Crippen molar-refractivity contribution in [3.63, 3.8) is 0 Å². The zero-order valence-corrected chi connectivity index (χ0v) is 14.5. The number of rotatable bonds is 9. The molecule has 0 bridgehead atoms. The molecule has 0 unspecified atom stereocenters. The van der Waals surface area contributed by atoms with Gasteiger partial charge in [-0.05, 0) is 49.6 Å². The third-order valence-electron chi connectivity index (χ3n) is 3.50. The van der Waals surface area contributed by atoms with Crippen molar-refractivity contribution in [2.45, 2.75) is 19.8 Å². The Morgan fingerprint density at radius 3 is 2.40 bits per heavy atom. The van der Waals surface area contributed by atoms with Crippen LogP contribution < -0.4 is 4.74 Å². The van der Waals surface area contributed by atoms with Crippen molar-refractivity contribution in [2.75, 3.05) is 13.2 Å². The standard InChI is InChI=1S/C21H23NO3/c1-3-21(23)25-15-5-4-14-24-20-12-10-19(11-13-20)22-16-18-8-6-17(2)7-9-18/h3,6-13,16H,1,4-5,14-15H2,2H3. The lowest BCUT2D eigenvalue weighted by Crippen LogP contribution is -2.04. The van der Waals surface area contributed by atoms with Gasteiger partial charge in [-0.3, -0.25) is 4.99 Å². The maximum Gasteiger partial charge on any atom is 0.330 e. The van der Waals surface area contributed by atoms with Crippen LogP contribution in [0.3, 0.4) is 0 Å². The molecule has 0 aliphatic carbocycles. The summed E-state index contributed by atoms with van der Waals surface area (Å²) in [7, 11) is 0. The highest BCUT2D eigenvalue weighted by Gasteiger charge is 1.97. The molecule has 0 fully saturated rings. The zero-order valence-electron chi connectivity index (χ0n) is 14.5. The van der Waals surface area contributed by atoms with Gasteiger partial charge in [-0.25, -0.2) is 4.79 Å². The van der Waals surface area contributed by atoms with Crippen LogP contribution in [0.5, 0.6) is 5.75 Å². The fourth-order valence-corrected chi connectivity index (χ4v) is 2.06. The zero-order chi connectivity index (χ0) is 17.9. The Kier molecular flexibility index (Phi) is 7.44. The van der Waals surface area contributed by atoms with E-state index >= 15 is 0 Å². The first-order chi connectivity index (χ1) is 12.2. The van der Waals surface area contributed by atoms with E-state index in [1.165, 1.54) is 11.6 Å². The number of aryl methyl sites for hydroxylation is 1. The Balaban J connectivity index is 1.71. The Bertz CT molecular complexity index is 703. The lowest BCUT2D eigenvalue weighted by molar-refractivity contribution is -0.137. The molecule has 0 atom stereocenters. The van der Waals surface area contributed by atoms with Crippen molar-refractivity contribution in [1.29, 1.82) is 0 Å². The second kappa shape index (κ2) is 10.1. The molecule has 0 spiro atoms. The van der Waals surface area contributed by atoms with Gasteiger partial charge in [-0.2, -0.15) is 0 Å². The van der Waals surface area contributed by atoms with Crippen LogP contribution in [-0.2, 0) is 9.53 Å². The fourth-order valence-electron chi connectivity index (χ4n) is 2.06. The molecule has 0 saturated carbocycles. The van der Waals surface area contributed by atoms with Crippen molar-refractivity contribution in [3.8, 4) is 5.75 Å². The topological polar surface area (TPSA) is 47.9 Å². The smallest absolute Gasteiger partial charge is 0.330 e. The Labute approximate surface area is 148 Å². The van der Waals surface area contributed by atoms with Crippen LogP contribution in [0.4, 0.5) is 5.69 Å². The van der Waals surface area contributed by atoms with E-state index < -0.39 is 0 Å². The van der Waals surface area contributed by atoms with E-state index in [1.807, 2.05) is 42.6 Å². The quantitative estimate of drug-likeness (QED) is 0.290. The summed E-state index contributed by atoms with van der Waals surface area (Å²) in [6.07, 6.45) is 4.59. The van der Waals surface area contributed by atoms with E-state index in [4.69, 9.17) is 9.47 Å². The molecule has 25 heavy (non-hydrogen) atoms. The molecular weight excluding hydrogens is 314 g/mol. The first-order valence-electron chi connectivity index (χ1n) is 8.30. The summed E-state index contributed by atoms with van der Waals surface area (Å²) in [5, 5.41) is 0. The van der Waals surface area contributed by atoms with Crippen LogP contribution in [0.25, 0.3) is 0 Å². The minimum atomic E-state index is -0.386. The first kappa shape index (κ1) is 18.5. The fraction of sp³-hybridized carbons (Fsp3) is 0.238. The number of carbonyl (C=O) groups is 1. The summed E-state index contributed by atoms with van der Waals surface area (Å²) in [5.41, 5.74) is 3.19. The maximum absolute atomic E-state index is 10.9. The van der Waals surface area contributed by atoms with Gasteiger partial charge in [0.2, 0.25) is 0 Å². The van der Waals surface area contributed by atoms with E-state index in [0.717, 1.165) is 29.8 Å². The largest absolute Gasteiger partial charge is 0.494 e. The molecule has 130 valence electrons. The molecule has 4 nitrogen and oxygen atoms in total. The molecular formula is C21H23NO3. The number of esters is 1. The predicted molar refractivity (Wildman–Crippen MR) is 101 cm³/mol. The van der Waals surface area contributed by atoms with Crippen LogP contribution in [0.2, 0.25) is 0 Å². The number of hydrogen-bond donors (Lipinski definition) is 0. The minimum Gasteiger partial charge on any atom is -0.494 e. The highest BCUT2D eigenvalue weighted by Crippen LogP contribution is 2.18. The molecule has 2 rings (SSSR count). The normalized spacial score (nSPS) is 10.6. The Hall–Kier alpha value is -2.88. The van der Waals surface area contributed by atoms with E-state index in [-0.39, 0.29) is 5.97 Å². The third-order valence-corrected chi connectivity index (χ3v) is 3.50. The Morgan fingerprint density at radius 2 is 1.72 bits per heavy atom. The molecule has 2 aromatic rings. The number of hydrogen-bond acceptors (Lipinski definition) is 4.